The summed E-state index contributed by atoms with van der Waals surface area (Å²) in [5.74, 6) is 1.90. The highest BCUT2D eigenvalue weighted by molar-refractivity contribution is 5.80. The molecule has 5 nitrogen and oxygen atoms in total. The van der Waals surface area contributed by atoms with Crippen LogP contribution in [0.25, 0.3) is 0 Å². The van der Waals surface area contributed by atoms with Crippen molar-refractivity contribution in [2.75, 3.05) is 26.2 Å². The third kappa shape index (κ3) is 9.54. The smallest absolute Gasteiger partial charge is 0.191 e. The van der Waals surface area contributed by atoms with Gasteiger partial charge in [0.15, 0.2) is 5.96 Å². The first-order valence-electron chi connectivity index (χ1n) is 9.91. The van der Waals surface area contributed by atoms with E-state index < -0.39 is 0 Å². The average molecular weight is 351 g/mol. The van der Waals surface area contributed by atoms with Crippen molar-refractivity contribution in [1.29, 1.82) is 0 Å². The molecule has 0 fully saturated rings. The minimum Gasteiger partial charge on any atom is -0.469 e. The third-order valence-corrected chi connectivity index (χ3v) is 4.59. The maximum atomic E-state index is 5.38. The Morgan fingerprint density at radius 1 is 1.16 bits per heavy atom. The van der Waals surface area contributed by atoms with E-state index in [2.05, 4.69) is 50.2 Å². The highest BCUT2D eigenvalue weighted by atomic mass is 16.3. The Bertz CT molecular complexity index is 454. The van der Waals surface area contributed by atoms with Crippen LogP contribution in [-0.4, -0.2) is 49.1 Å². The Labute approximate surface area is 154 Å². The van der Waals surface area contributed by atoms with Crippen LogP contribution < -0.4 is 10.6 Å². The van der Waals surface area contributed by atoms with Crippen molar-refractivity contribution in [2.24, 2.45) is 4.99 Å². The summed E-state index contributed by atoms with van der Waals surface area (Å²) < 4.78 is 5.38. The maximum Gasteiger partial charge on any atom is 0.191 e. The van der Waals surface area contributed by atoms with Gasteiger partial charge < -0.3 is 20.0 Å². The van der Waals surface area contributed by atoms with E-state index in [1.807, 2.05) is 12.1 Å². The molecule has 0 aliphatic rings. The van der Waals surface area contributed by atoms with Gasteiger partial charge in [0.05, 0.1) is 6.26 Å². The number of guanidine groups is 1. The molecule has 0 aliphatic carbocycles. The molecule has 144 valence electrons. The van der Waals surface area contributed by atoms with Crippen molar-refractivity contribution in [3.8, 4) is 0 Å². The zero-order valence-corrected chi connectivity index (χ0v) is 16.8. The molecule has 1 aromatic rings. The second kappa shape index (κ2) is 12.8. The molecular weight excluding hydrogens is 312 g/mol. The van der Waals surface area contributed by atoms with E-state index in [9.17, 15) is 0 Å². The van der Waals surface area contributed by atoms with E-state index >= 15 is 0 Å². The molecule has 2 N–H and O–H groups in total. The monoisotopic (exact) mass is 350 g/mol. The Hall–Kier alpha value is -1.49. The zero-order chi connectivity index (χ0) is 18.5. The van der Waals surface area contributed by atoms with E-state index in [0.29, 0.717) is 12.1 Å². The Morgan fingerprint density at radius 3 is 2.48 bits per heavy atom. The van der Waals surface area contributed by atoms with Gasteiger partial charge in [-0.2, -0.15) is 0 Å². The molecule has 2 unspecified atom stereocenters. The van der Waals surface area contributed by atoms with Gasteiger partial charge in [-0.05, 0) is 64.9 Å². The normalized spacial score (nSPS) is 14.6. The summed E-state index contributed by atoms with van der Waals surface area (Å²) in [7, 11) is 0. The SMILES string of the molecule is CCC(C)NC(=NCCc1ccco1)NC(C)CCCN(CC)CC. The van der Waals surface area contributed by atoms with Crippen molar-refractivity contribution in [3.05, 3.63) is 24.2 Å². The van der Waals surface area contributed by atoms with Crippen LogP contribution in [0.2, 0.25) is 0 Å². The highest BCUT2D eigenvalue weighted by Gasteiger charge is 2.09. The fourth-order valence-corrected chi connectivity index (χ4v) is 2.67. The van der Waals surface area contributed by atoms with E-state index in [1.165, 1.54) is 13.0 Å². The Morgan fingerprint density at radius 2 is 1.88 bits per heavy atom. The molecule has 25 heavy (non-hydrogen) atoms. The van der Waals surface area contributed by atoms with Crippen molar-refractivity contribution >= 4 is 5.96 Å². The lowest BCUT2D eigenvalue weighted by atomic mass is 10.1. The van der Waals surface area contributed by atoms with E-state index in [-0.39, 0.29) is 0 Å². The van der Waals surface area contributed by atoms with Gasteiger partial charge in [0.25, 0.3) is 0 Å². The summed E-state index contributed by atoms with van der Waals surface area (Å²) in [5, 5.41) is 7.06. The summed E-state index contributed by atoms with van der Waals surface area (Å²) in [6, 6.07) is 4.75. The van der Waals surface area contributed by atoms with E-state index in [0.717, 1.165) is 50.6 Å². The molecule has 0 aliphatic heterocycles. The number of hydrogen-bond donors (Lipinski definition) is 2. The number of nitrogens with one attached hydrogen (secondary N) is 2. The second-order valence-electron chi connectivity index (χ2n) is 6.73. The molecule has 0 amide bonds. The Kier molecular flexibility index (Phi) is 11.0. The molecule has 2 atom stereocenters. The van der Waals surface area contributed by atoms with Crippen LogP contribution in [0.15, 0.2) is 27.8 Å². The summed E-state index contributed by atoms with van der Waals surface area (Å²) in [6.07, 6.45) is 5.98. The molecule has 0 spiro atoms. The number of rotatable bonds is 12. The van der Waals surface area contributed by atoms with Crippen molar-refractivity contribution in [2.45, 2.75) is 72.4 Å². The van der Waals surface area contributed by atoms with Crippen molar-refractivity contribution < 1.29 is 4.42 Å². The molecule has 0 bridgehead atoms. The fourth-order valence-electron chi connectivity index (χ4n) is 2.67. The zero-order valence-electron chi connectivity index (χ0n) is 16.8. The lowest BCUT2D eigenvalue weighted by Crippen LogP contribution is -2.46. The summed E-state index contributed by atoms with van der Waals surface area (Å²) in [4.78, 5) is 7.20. The van der Waals surface area contributed by atoms with Crippen LogP contribution in [-0.2, 0) is 6.42 Å². The van der Waals surface area contributed by atoms with Crippen LogP contribution in [0.1, 0.15) is 59.6 Å². The van der Waals surface area contributed by atoms with Gasteiger partial charge in [-0.1, -0.05) is 20.8 Å². The molecule has 1 heterocycles. The molecule has 0 radical (unpaired) electrons. The van der Waals surface area contributed by atoms with E-state index in [4.69, 9.17) is 9.41 Å². The first-order valence-corrected chi connectivity index (χ1v) is 9.91. The second-order valence-corrected chi connectivity index (χ2v) is 6.73. The first kappa shape index (κ1) is 21.6. The largest absolute Gasteiger partial charge is 0.469 e. The Balaban J connectivity index is 2.45. The molecule has 0 aromatic carbocycles. The predicted molar refractivity (Wildman–Crippen MR) is 107 cm³/mol. The topological polar surface area (TPSA) is 52.8 Å². The van der Waals surface area contributed by atoms with E-state index in [1.54, 1.807) is 6.26 Å². The minimum absolute atomic E-state index is 0.412. The number of furan rings is 1. The molecule has 0 saturated heterocycles. The van der Waals surface area contributed by atoms with Gasteiger partial charge in [-0.25, -0.2) is 0 Å². The average Bonchev–Trinajstić information content (AvgIpc) is 3.12. The quantitative estimate of drug-likeness (QED) is 0.446. The van der Waals surface area contributed by atoms with Gasteiger partial charge in [0.1, 0.15) is 5.76 Å². The van der Waals surface area contributed by atoms with Crippen molar-refractivity contribution in [1.82, 2.24) is 15.5 Å². The minimum atomic E-state index is 0.412. The van der Waals surface area contributed by atoms with Crippen LogP contribution in [0, 0.1) is 0 Å². The van der Waals surface area contributed by atoms with Crippen LogP contribution >= 0.6 is 0 Å². The molecule has 5 heteroatoms. The highest BCUT2D eigenvalue weighted by Crippen LogP contribution is 2.02. The molecular formula is C20H38N4O. The maximum absolute atomic E-state index is 5.38. The van der Waals surface area contributed by atoms with Gasteiger partial charge in [0.2, 0.25) is 0 Å². The molecule has 1 aromatic heterocycles. The third-order valence-electron chi connectivity index (χ3n) is 4.59. The standard InChI is InChI=1S/C20H38N4O/c1-6-17(4)22-20(21-14-13-19-12-10-16-25-19)23-18(5)11-9-15-24(7-2)8-3/h10,12,16-18H,6-9,11,13-15H2,1-5H3,(H2,21,22,23). The lowest BCUT2D eigenvalue weighted by molar-refractivity contribution is 0.292. The van der Waals surface area contributed by atoms with Crippen LogP contribution in [0.5, 0.6) is 0 Å². The van der Waals surface area contributed by atoms with Gasteiger partial charge in [-0.15, -0.1) is 0 Å². The van der Waals surface area contributed by atoms with Crippen LogP contribution in [0.4, 0.5) is 0 Å². The summed E-state index contributed by atoms with van der Waals surface area (Å²) >= 11 is 0. The lowest BCUT2D eigenvalue weighted by Gasteiger charge is -2.23. The fraction of sp³-hybridized carbons (Fsp3) is 0.750. The number of aliphatic imine (C=N–C) groups is 1. The van der Waals surface area contributed by atoms with Gasteiger partial charge in [0, 0.05) is 25.0 Å². The van der Waals surface area contributed by atoms with Gasteiger partial charge in [-0.3, -0.25) is 4.99 Å². The number of hydrogen-bond acceptors (Lipinski definition) is 3. The molecule has 0 saturated carbocycles. The van der Waals surface area contributed by atoms with Crippen LogP contribution in [0.3, 0.4) is 0 Å². The molecule has 1 rings (SSSR count). The van der Waals surface area contributed by atoms with Gasteiger partial charge >= 0.3 is 0 Å². The summed E-state index contributed by atoms with van der Waals surface area (Å²) in [5.41, 5.74) is 0. The summed E-state index contributed by atoms with van der Waals surface area (Å²) in [6.45, 7) is 15.2. The number of nitrogens with zero attached hydrogens (tertiary/aromatic N) is 2. The predicted octanol–water partition coefficient (Wildman–Crippen LogP) is 3.67. The van der Waals surface area contributed by atoms with Crippen molar-refractivity contribution in [3.63, 3.8) is 0 Å². The first-order chi connectivity index (χ1) is 12.1.